The molecule has 0 aromatic carbocycles. The molecule has 4 rings (SSSR count). The van der Waals surface area contributed by atoms with Gasteiger partial charge < -0.3 is 0 Å². The maximum atomic E-state index is 4.17. The van der Waals surface area contributed by atoms with Crippen molar-refractivity contribution in [2.75, 3.05) is 13.1 Å². The van der Waals surface area contributed by atoms with Gasteiger partial charge in [0.2, 0.25) is 0 Å². The molecule has 5 nitrogen and oxygen atoms in total. The van der Waals surface area contributed by atoms with Gasteiger partial charge in [-0.25, -0.2) is 0 Å². The van der Waals surface area contributed by atoms with Gasteiger partial charge in [0.15, 0.2) is 0 Å². The van der Waals surface area contributed by atoms with E-state index in [1.54, 1.807) is 0 Å². The van der Waals surface area contributed by atoms with E-state index in [9.17, 15) is 0 Å². The zero-order valence-electron chi connectivity index (χ0n) is 21.3. The molecule has 0 amide bonds. The summed E-state index contributed by atoms with van der Waals surface area (Å²) < 4.78 is 3.81. The standard InChI is InChI=1S/C26H49N5S/c1-7-20-13-11-18-15-26(5,6)31(17-18)24-19(12-14-21(29-24)25(2,3)4)16-27-32-23-10-8-9-22(28-20)30-23/h7,18-24,27-30H,1,8-17H2,2-6H3/t18-,19?,20?,21?,22?,23?,24?/m0/s1. The first-order valence-electron chi connectivity index (χ1n) is 13.2. The molecular formula is C26H49N5S. The maximum absolute atomic E-state index is 4.17. The Hall–Kier alpha value is -0.110. The quantitative estimate of drug-likeness (QED) is 0.341. The van der Waals surface area contributed by atoms with Crippen LogP contribution in [-0.2, 0) is 0 Å². The van der Waals surface area contributed by atoms with Crippen LogP contribution in [0, 0.1) is 17.3 Å². The zero-order chi connectivity index (χ0) is 22.9. The summed E-state index contributed by atoms with van der Waals surface area (Å²) in [4.78, 5) is 2.85. The van der Waals surface area contributed by atoms with E-state index in [1.807, 2.05) is 11.9 Å². The minimum atomic E-state index is 0.250. The number of piperidine rings is 2. The lowest BCUT2D eigenvalue weighted by Crippen LogP contribution is -2.63. The molecule has 0 radical (unpaired) electrons. The summed E-state index contributed by atoms with van der Waals surface area (Å²) in [5.41, 5.74) is 0.553. The van der Waals surface area contributed by atoms with Crippen LogP contribution in [-0.4, -0.2) is 53.3 Å². The van der Waals surface area contributed by atoms with Crippen molar-refractivity contribution in [2.45, 2.75) is 121 Å². The molecule has 4 aliphatic rings. The SMILES string of the molecule is C=CC1CC[C@@H]2CN(C3NC(C(C)(C)C)CCC3CNSC3CCCC(N1)N3)C(C)(C)C2. The monoisotopic (exact) mass is 463 g/mol. The molecule has 6 heteroatoms. The Balaban J connectivity index is 1.54. The fourth-order valence-electron chi connectivity index (χ4n) is 6.62. The van der Waals surface area contributed by atoms with E-state index in [-0.39, 0.29) is 5.54 Å². The van der Waals surface area contributed by atoms with E-state index in [4.69, 9.17) is 0 Å². The molecule has 4 fully saturated rings. The fraction of sp³-hybridized carbons (Fsp3) is 0.923. The first-order chi connectivity index (χ1) is 15.2. The van der Waals surface area contributed by atoms with Crippen LogP contribution >= 0.6 is 11.9 Å². The largest absolute Gasteiger partial charge is 0.298 e. The Morgan fingerprint density at radius 1 is 1.00 bits per heavy atom. The summed E-state index contributed by atoms with van der Waals surface area (Å²) in [5.74, 6) is 1.42. The van der Waals surface area contributed by atoms with Gasteiger partial charge in [-0.1, -0.05) is 38.8 Å². The third-order valence-electron chi connectivity index (χ3n) is 8.55. The van der Waals surface area contributed by atoms with E-state index < -0.39 is 0 Å². The first kappa shape index (κ1) is 25.0. The van der Waals surface area contributed by atoms with Crippen molar-refractivity contribution in [3.05, 3.63) is 12.7 Å². The molecule has 184 valence electrons. The van der Waals surface area contributed by atoms with Gasteiger partial charge in [-0.3, -0.25) is 25.6 Å². The summed E-state index contributed by atoms with van der Waals surface area (Å²) in [6, 6.07) is 0.987. The molecular weight excluding hydrogens is 414 g/mol. The molecule has 0 saturated carbocycles. The minimum absolute atomic E-state index is 0.250. The lowest BCUT2D eigenvalue weighted by molar-refractivity contribution is 0.00553. The Kier molecular flexibility index (Phi) is 8.01. The average molecular weight is 464 g/mol. The zero-order valence-corrected chi connectivity index (χ0v) is 22.1. The summed E-state index contributed by atoms with van der Waals surface area (Å²) >= 11 is 1.93. The lowest BCUT2D eigenvalue weighted by Gasteiger charge is -2.50. The number of hydrogen-bond acceptors (Lipinski definition) is 6. The van der Waals surface area contributed by atoms with E-state index in [1.165, 1.54) is 57.9 Å². The number of rotatable bonds is 1. The highest BCUT2D eigenvalue weighted by Crippen LogP contribution is 2.41. The van der Waals surface area contributed by atoms with Crippen LogP contribution in [0.5, 0.6) is 0 Å². The molecule has 0 spiro atoms. The van der Waals surface area contributed by atoms with Crippen molar-refractivity contribution in [3.63, 3.8) is 0 Å². The van der Waals surface area contributed by atoms with Gasteiger partial charge in [-0.15, -0.1) is 6.58 Å². The maximum Gasteiger partial charge on any atom is 0.0690 e. The van der Waals surface area contributed by atoms with Crippen molar-refractivity contribution >= 4 is 11.9 Å². The molecule has 4 bridgehead atoms. The van der Waals surface area contributed by atoms with E-state index in [2.05, 4.69) is 72.8 Å². The van der Waals surface area contributed by atoms with Crippen LogP contribution in [0.1, 0.15) is 86.0 Å². The highest BCUT2D eigenvalue weighted by atomic mass is 32.2. The second kappa shape index (κ2) is 10.2. The topological polar surface area (TPSA) is 51.4 Å². The van der Waals surface area contributed by atoms with Crippen molar-refractivity contribution in [1.29, 1.82) is 0 Å². The Morgan fingerprint density at radius 2 is 1.81 bits per heavy atom. The van der Waals surface area contributed by atoms with Crippen LogP contribution in [0.4, 0.5) is 0 Å². The highest BCUT2D eigenvalue weighted by Gasteiger charge is 2.47. The minimum Gasteiger partial charge on any atom is -0.298 e. The second-order valence-electron chi connectivity index (χ2n) is 12.6. The third-order valence-corrected chi connectivity index (χ3v) is 9.54. The molecule has 32 heavy (non-hydrogen) atoms. The predicted octanol–water partition coefficient (Wildman–Crippen LogP) is 4.43. The summed E-state index contributed by atoms with van der Waals surface area (Å²) in [6.45, 7) is 18.6. The molecule has 7 unspecified atom stereocenters. The van der Waals surface area contributed by atoms with Gasteiger partial charge in [-0.05, 0) is 76.5 Å². The summed E-state index contributed by atoms with van der Waals surface area (Å²) in [7, 11) is 0. The highest BCUT2D eigenvalue weighted by molar-refractivity contribution is 7.98. The molecule has 4 aliphatic heterocycles. The third kappa shape index (κ3) is 5.92. The number of nitrogens with one attached hydrogen (secondary N) is 4. The molecule has 4 heterocycles. The Bertz CT molecular complexity index is 632. The fourth-order valence-corrected chi connectivity index (χ4v) is 7.65. The molecule has 4 saturated heterocycles. The molecule has 0 aromatic heterocycles. The number of nitrogens with zero attached hydrogens (tertiary/aromatic N) is 1. The van der Waals surface area contributed by atoms with Crippen molar-refractivity contribution in [3.8, 4) is 0 Å². The van der Waals surface area contributed by atoms with Gasteiger partial charge >= 0.3 is 0 Å². The normalized spacial score (nSPS) is 43.5. The summed E-state index contributed by atoms with van der Waals surface area (Å²) in [5, 5.41) is 12.4. The van der Waals surface area contributed by atoms with Crippen LogP contribution in [0.3, 0.4) is 0 Å². The number of fused-ring (bicyclic) bond motifs is 6. The van der Waals surface area contributed by atoms with Gasteiger partial charge in [0.05, 0.1) is 17.7 Å². The van der Waals surface area contributed by atoms with Crippen molar-refractivity contribution in [1.82, 2.24) is 25.6 Å². The van der Waals surface area contributed by atoms with Gasteiger partial charge in [0.1, 0.15) is 0 Å². The molecule has 8 atom stereocenters. The number of hydrogen-bond donors (Lipinski definition) is 4. The molecule has 0 aromatic rings. The first-order valence-corrected chi connectivity index (χ1v) is 14.1. The van der Waals surface area contributed by atoms with E-state index >= 15 is 0 Å². The van der Waals surface area contributed by atoms with Crippen molar-refractivity contribution in [2.24, 2.45) is 17.3 Å². The van der Waals surface area contributed by atoms with Gasteiger partial charge in [-0.2, -0.15) is 0 Å². The van der Waals surface area contributed by atoms with Crippen LogP contribution in [0.2, 0.25) is 0 Å². The smallest absolute Gasteiger partial charge is 0.0690 e. The van der Waals surface area contributed by atoms with Crippen molar-refractivity contribution < 1.29 is 0 Å². The lowest BCUT2D eigenvalue weighted by atomic mass is 9.78. The molecule has 4 N–H and O–H groups in total. The van der Waals surface area contributed by atoms with Gasteiger partial charge in [0.25, 0.3) is 0 Å². The van der Waals surface area contributed by atoms with Crippen LogP contribution in [0.25, 0.3) is 0 Å². The molecule has 0 aliphatic carbocycles. The van der Waals surface area contributed by atoms with E-state index in [0.29, 0.717) is 41.1 Å². The van der Waals surface area contributed by atoms with Crippen LogP contribution < -0.4 is 20.7 Å². The predicted molar refractivity (Wildman–Crippen MR) is 138 cm³/mol. The van der Waals surface area contributed by atoms with Crippen LogP contribution in [0.15, 0.2) is 12.7 Å². The van der Waals surface area contributed by atoms with E-state index in [0.717, 1.165) is 12.5 Å². The Labute approximate surface area is 201 Å². The Morgan fingerprint density at radius 3 is 2.56 bits per heavy atom. The average Bonchev–Trinajstić information content (AvgIpc) is 3.04. The van der Waals surface area contributed by atoms with Gasteiger partial charge in [0, 0.05) is 36.6 Å². The summed E-state index contributed by atoms with van der Waals surface area (Å²) in [6.07, 6.45) is 13.1. The second-order valence-corrected chi connectivity index (χ2v) is 13.7.